The Balaban J connectivity index is 1.71. The largest absolute Gasteiger partial charge is 0.496 e. The number of hydrogen-bond acceptors (Lipinski definition) is 8. The van der Waals surface area contributed by atoms with Crippen LogP contribution in [0.4, 0.5) is 5.69 Å². The average Bonchev–Trinajstić information content (AvgIpc) is 3.38. The first kappa shape index (κ1) is 20.0. The molecule has 0 radical (unpaired) electrons. The van der Waals surface area contributed by atoms with E-state index in [9.17, 15) is 4.79 Å². The fourth-order valence-corrected chi connectivity index (χ4v) is 3.25. The van der Waals surface area contributed by atoms with Gasteiger partial charge in [0.15, 0.2) is 12.2 Å². The van der Waals surface area contributed by atoms with Gasteiger partial charge in [-0.2, -0.15) is 0 Å². The van der Waals surface area contributed by atoms with Crippen LogP contribution in [0.2, 0.25) is 0 Å². The van der Waals surface area contributed by atoms with E-state index in [2.05, 4.69) is 39.1 Å². The smallest absolute Gasteiger partial charge is 0.241 e. The molecule has 28 heavy (non-hydrogen) atoms. The quantitative estimate of drug-likeness (QED) is 0.567. The number of carbonyl (C=O) groups excluding carboxylic acids is 1. The molecular weight excluding hydrogens is 378 g/mol. The monoisotopic (exact) mass is 401 g/mol. The molecule has 2 heterocycles. The summed E-state index contributed by atoms with van der Waals surface area (Å²) in [5, 5.41) is 12.1. The number of aromatic nitrogens is 3. The lowest BCUT2D eigenvalue weighted by atomic mass is 10.0. The topological polar surface area (TPSA) is 102 Å². The van der Waals surface area contributed by atoms with Crippen molar-refractivity contribution >= 4 is 23.1 Å². The summed E-state index contributed by atoms with van der Waals surface area (Å²) in [6.45, 7) is 4.66. The van der Waals surface area contributed by atoms with E-state index in [1.54, 1.807) is 19.4 Å². The highest BCUT2D eigenvalue weighted by molar-refractivity contribution is 7.03. The lowest BCUT2D eigenvalue weighted by Gasteiger charge is -2.20. The maximum absolute atomic E-state index is 12.8. The number of hydrogen-bond donors (Lipinski definition) is 2. The zero-order chi connectivity index (χ0) is 19.9. The molecule has 148 valence electrons. The predicted octanol–water partition coefficient (Wildman–Crippen LogP) is 3.34. The van der Waals surface area contributed by atoms with E-state index < -0.39 is 0 Å². The van der Waals surface area contributed by atoms with Crippen molar-refractivity contribution in [2.75, 3.05) is 12.4 Å². The van der Waals surface area contributed by atoms with Crippen molar-refractivity contribution in [1.82, 2.24) is 19.9 Å². The Morgan fingerprint density at radius 1 is 1.36 bits per heavy atom. The fourth-order valence-electron chi connectivity index (χ4n) is 2.79. The maximum Gasteiger partial charge on any atom is 0.241 e. The summed E-state index contributed by atoms with van der Waals surface area (Å²) in [6, 6.07) is 5.07. The van der Waals surface area contributed by atoms with Gasteiger partial charge in [-0.05, 0) is 36.0 Å². The van der Waals surface area contributed by atoms with Gasteiger partial charge in [0, 0.05) is 23.7 Å². The van der Waals surface area contributed by atoms with Crippen LogP contribution >= 0.6 is 11.5 Å². The molecule has 1 aromatic carbocycles. The molecule has 0 bridgehead atoms. The third-order valence-electron chi connectivity index (χ3n) is 4.13. The summed E-state index contributed by atoms with van der Waals surface area (Å²) in [4.78, 5) is 16.8. The van der Waals surface area contributed by atoms with Crippen molar-refractivity contribution in [3.05, 3.63) is 41.9 Å². The highest BCUT2D eigenvalue weighted by Crippen LogP contribution is 2.32. The van der Waals surface area contributed by atoms with E-state index in [-0.39, 0.29) is 11.9 Å². The van der Waals surface area contributed by atoms with E-state index in [0.29, 0.717) is 36.1 Å². The van der Waals surface area contributed by atoms with E-state index in [1.165, 1.54) is 17.9 Å². The second-order valence-electron chi connectivity index (χ2n) is 6.73. The molecule has 0 aliphatic rings. The molecule has 0 aliphatic heterocycles. The van der Waals surface area contributed by atoms with E-state index in [1.807, 2.05) is 17.5 Å². The zero-order valence-electron chi connectivity index (χ0n) is 16.0. The van der Waals surface area contributed by atoms with Crippen LogP contribution < -0.4 is 15.4 Å². The summed E-state index contributed by atoms with van der Waals surface area (Å²) in [6.07, 6.45) is 3.69. The van der Waals surface area contributed by atoms with Crippen molar-refractivity contribution in [3.8, 4) is 17.1 Å². The van der Waals surface area contributed by atoms with Crippen LogP contribution in [0.15, 0.2) is 40.6 Å². The number of benzene rings is 1. The lowest BCUT2D eigenvalue weighted by Crippen LogP contribution is -2.41. The molecule has 0 saturated carbocycles. The summed E-state index contributed by atoms with van der Waals surface area (Å²) >= 11 is 1.29. The normalized spacial score (nSPS) is 12.1. The number of anilines is 1. The number of ether oxygens (including phenoxy) is 1. The van der Waals surface area contributed by atoms with Crippen molar-refractivity contribution in [2.45, 2.75) is 32.9 Å². The highest BCUT2D eigenvalue weighted by atomic mass is 32.1. The second kappa shape index (κ2) is 9.43. The van der Waals surface area contributed by atoms with Gasteiger partial charge in [-0.3, -0.25) is 4.79 Å². The Labute approximate surface area is 167 Å². The number of amides is 1. The lowest BCUT2D eigenvalue weighted by molar-refractivity contribution is -0.118. The molecule has 2 aromatic heterocycles. The molecule has 3 rings (SSSR count). The molecule has 9 heteroatoms. The number of nitrogens with zero attached hydrogens (tertiary/aromatic N) is 3. The van der Waals surface area contributed by atoms with Crippen molar-refractivity contribution in [1.29, 1.82) is 0 Å². The van der Waals surface area contributed by atoms with Gasteiger partial charge in [0.1, 0.15) is 5.75 Å². The van der Waals surface area contributed by atoms with Gasteiger partial charge in [-0.15, -0.1) is 5.10 Å². The number of rotatable bonds is 9. The Hall–Kier alpha value is -2.78. The number of carbonyl (C=O) groups is 1. The first-order chi connectivity index (χ1) is 13.6. The molecule has 0 fully saturated rings. The van der Waals surface area contributed by atoms with Gasteiger partial charge in [-0.25, -0.2) is 4.98 Å². The molecule has 0 unspecified atom stereocenters. The van der Waals surface area contributed by atoms with Crippen LogP contribution in [-0.4, -0.2) is 33.6 Å². The molecule has 0 saturated heterocycles. The van der Waals surface area contributed by atoms with Gasteiger partial charge in [-0.1, -0.05) is 18.3 Å². The maximum atomic E-state index is 12.8. The van der Waals surface area contributed by atoms with Crippen LogP contribution in [-0.2, 0) is 11.3 Å². The van der Waals surface area contributed by atoms with Crippen LogP contribution in [0.5, 0.6) is 5.75 Å². The van der Waals surface area contributed by atoms with Gasteiger partial charge < -0.3 is 19.8 Å². The van der Waals surface area contributed by atoms with Crippen LogP contribution in [0.1, 0.15) is 26.0 Å². The average molecular weight is 401 g/mol. The molecule has 1 atom stereocenters. The minimum Gasteiger partial charge on any atom is -0.496 e. The Morgan fingerprint density at radius 2 is 2.21 bits per heavy atom. The SMILES string of the molecule is COc1cc(NC(=O)[C@@H](CC(C)C)NCc2csnn2)ccc1-c1cnco1. The Bertz CT molecular complexity index is 881. The summed E-state index contributed by atoms with van der Waals surface area (Å²) in [5.74, 6) is 1.45. The van der Waals surface area contributed by atoms with Crippen molar-refractivity contribution in [2.24, 2.45) is 5.92 Å². The van der Waals surface area contributed by atoms with E-state index in [4.69, 9.17) is 9.15 Å². The van der Waals surface area contributed by atoms with Crippen LogP contribution in [0, 0.1) is 5.92 Å². The van der Waals surface area contributed by atoms with Crippen LogP contribution in [0.3, 0.4) is 0 Å². The van der Waals surface area contributed by atoms with E-state index in [0.717, 1.165) is 11.3 Å². The Morgan fingerprint density at radius 3 is 2.86 bits per heavy atom. The van der Waals surface area contributed by atoms with Crippen LogP contribution in [0.25, 0.3) is 11.3 Å². The molecule has 1 amide bonds. The molecule has 0 aliphatic carbocycles. The molecule has 8 nitrogen and oxygen atoms in total. The van der Waals surface area contributed by atoms with Crippen molar-refractivity contribution < 1.29 is 13.9 Å². The first-order valence-corrected chi connectivity index (χ1v) is 9.77. The standard InChI is InChI=1S/C19H23N5O3S/c1-12(2)6-16(21-8-14-10-28-24-23-14)19(25)22-13-4-5-15(17(7-13)26-3)18-9-20-11-27-18/h4-5,7,9-12,16,21H,6,8H2,1-3H3,(H,22,25)/t16-/m1/s1. The molecule has 3 aromatic rings. The summed E-state index contributed by atoms with van der Waals surface area (Å²) in [5.41, 5.74) is 2.24. The van der Waals surface area contributed by atoms with Gasteiger partial charge in [0.2, 0.25) is 5.91 Å². The third kappa shape index (κ3) is 5.14. The van der Waals surface area contributed by atoms with Crippen molar-refractivity contribution in [3.63, 3.8) is 0 Å². The number of methoxy groups -OCH3 is 1. The summed E-state index contributed by atoms with van der Waals surface area (Å²) in [7, 11) is 1.58. The van der Waals surface area contributed by atoms with Gasteiger partial charge >= 0.3 is 0 Å². The minimum absolute atomic E-state index is 0.105. The number of nitrogens with one attached hydrogen (secondary N) is 2. The van der Waals surface area contributed by atoms with Gasteiger partial charge in [0.25, 0.3) is 0 Å². The Kier molecular flexibility index (Phi) is 6.72. The molecule has 0 spiro atoms. The predicted molar refractivity (Wildman–Crippen MR) is 107 cm³/mol. The van der Waals surface area contributed by atoms with Gasteiger partial charge in [0.05, 0.1) is 30.6 Å². The molecule has 2 N–H and O–H groups in total. The highest BCUT2D eigenvalue weighted by Gasteiger charge is 2.20. The second-order valence-corrected chi connectivity index (χ2v) is 7.34. The molecular formula is C19H23N5O3S. The fraction of sp³-hybridized carbons (Fsp3) is 0.368. The van der Waals surface area contributed by atoms with E-state index >= 15 is 0 Å². The summed E-state index contributed by atoms with van der Waals surface area (Å²) < 4.78 is 14.6. The zero-order valence-corrected chi connectivity index (χ0v) is 16.8. The minimum atomic E-state index is -0.346. The third-order valence-corrected chi connectivity index (χ3v) is 4.68. The first-order valence-electron chi connectivity index (χ1n) is 8.94. The number of oxazole rings is 1.